The van der Waals surface area contributed by atoms with Gasteiger partial charge < -0.3 is 4.74 Å². The topological polar surface area (TPSA) is 92.3 Å². The fraction of sp³-hybridized carbons (Fsp3) is 0.100. The zero-order valence-electron chi connectivity index (χ0n) is 15.2. The first-order valence-electron chi connectivity index (χ1n) is 8.23. The van der Waals surface area contributed by atoms with Crippen LogP contribution in [0, 0.1) is 11.3 Å². The molecule has 0 amide bonds. The molecule has 8 heteroatoms. The van der Waals surface area contributed by atoms with Crippen molar-refractivity contribution in [2.75, 3.05) is 12.5 Å². The molecule has 1 aromatic heterocycles. The zero-order chi connectivity index (χ0) is 20.1. The predicted octanol–water partition coefficient (Wildman–Crippen LogP) is 3.43. The maximum Gasteiger partial charge on any atom is 0.273 e. The summed E-state index contributed by atoms with van der Waals surface area (Å²) in [5.74, 6) is 0.872. The van der Waals surface area contributed by atoms with Gasteiger partial charge in [-0.2, -0.15) is 10.4 Å². The molecule has 0 bridgehead atoms. The van der Waals surface area contributed by atoms with Gasteiger partial charge in [0.1, 0.15) is 17.4 Å². The Morgan fingerprint density at radius 3 is 2.50 bits per heavy atom. The van der Waals surface area contributed by atoms with E-state index in [1.165, 1.54) is 11.6 Å². The molecule has 0 spiro atoms. The van der Waals surface area contributed by atoms with Crippen LogP contribution in [0.15, 0.2) is 58.4 Å². The van der Waals surface area contributed by atoms with Gasteiger partial charge >= 0.3 is 0 Å². The molecule has 1 N–H and O–H groups in total. The van der Waals surface area contributed by atoms with Crippen LogP contribution in [-0.2, 0) is 7.05 Å². The van der Waals surface area contributed by atoms with Crippen molar-refractivity contribution in [3.8, 4) is 23.1 Å². The van der Waals surface area contributed by atoms with E-state index in [9.17, 15) is 10.1 Å². The number of nitriles is 1. The van der Waals surface area contributed by atoms with Gasteiger partial charge in [0, 0.05) is 17.6 Å². The van der Waals surface area contributed by atoms with Crippen LogP contribution in [0.1, 0.15) is 11.1 Å². The maximum absolute atomic E-state index is 12.6. The number of nitrogens with one attached hydrogen (secondary N) is 1. The molecular weight excluding hydrogens is 378 g/mol. The molecule has 3 rings (SSSR count). The third-order valence-corrected chi connectivity index (χ3v) is 4.27. The quantitative estimate of drug-likeness (QED) is 0.529. The Balaban J connectivity index is 1.97. The molecule has 0 aliphatic carbocycles. The number of hydrogen-bond acceptors (Lipinski definition) is 6. The number of halogens is 1. The second-order valence-electron chi connectivity index (χ2n) is 5.79. The Labute approximate surface area is 166 Å². The molecule has 140 valence electrons. The minimum absolute atomic E-state index is 0.0418. The predicted molar refractivity (Wildman–Crippen MR) is 109 cm³/mol. The van der Waals surface area contributed by atoms with Crippen molar-refractivity contribution in [2.24, 2.45) is 12.1 Å². The van der Waals surface area contributed by atoms with E-state index < -0.39 is 5.56 Å². The third-order valence-electron chi connectivity index (χ3n) is 4.01. The first kappa shape index (κ1) is 19.1. The van der Waals surface area contributed by atoms with E-state index in [1.54, 1.807) is 49.7 Å². The molecule has 0 fully saturated rings. The first-order chi connectivity index (χ1) is 13.5. The van der Waals surface area contributed by atoms with Gasteiger partial charge in [0.25, 0.3) is 5.56 Å². The first-order valence-corrected chi connectivity index (χ1v) is 8.61. The number of anilines is 1. The fourth-order valence-corrected chi connectivity index (χ4v) is 2.60. The molecule has 0 saturated carbocycles. The summed E-state index contributed by atoms with van der Waals surface area (Å²) >= 11 is 5.86. The molecule has 0 atom stereocenters. The Morgan fingerprint density at radius 2 is 1.89 bits per heavy atom. The smallest absolute Gasteiger partial charge is 0.273 e. The SMILES string of the molecule is COc1ccc(-c2nc(N/N=C/c3ccc(Cl)cc3)n(C)c(=O)c2C#N)cc1. The lowest BCUT2D eigenvalue weighted by atomic mass is 10.1. The number of benzene rings is 2. The lowest BCUT2D eigenvalue weighted by molar-refractivity contribution is 0.415. The largest absolute Gasteiger partial charge is 0.497 e. The number of rotatable bonds is 5. The van der Waals surface area contributed by atoms with Crippen LogP contribution >= 0.6 is 11.6 Å². The molecule has 3 aromatic rings. The van der Waals surface area contributed by atoms with E-state index in [1.807, 2.05) is 18.2 Å². The van der Waals surface area contributed by atoms with Gasteiger partial charge in [-0.05, 0) is 42.0 Å². The van der Waals surface area contributed by atoms with Crippen LogP contribution in [0.4, 0.5) is 5.95 Å². The molecule has 0 radical (unpaired) electrons. The molecule has 0 unspecified atom stereocenters. The van der Waals surface area contributed by atoms with Gasteiger partial charge in [0.15, 0.2) is 0 Å². The van der Waals surface area contributed by atoms with Crippen LogP contribution in [0.5, 0.6) is 5.75 Å². The summed E-state index contributed by atoms with van der Waals surface area (Å²) in [6.45, 7) is 0. The Hall–Kier alpha value is -3.63. The number of ether oxygens (including phenoxy) is 1. The van der Waals surface area contributed by atoms with Crippen molar-refractivity contribution in [1.29, 1.82) is 5.26 Å². The van der Waals surface area contributed by atoms with E-state index in [2.05, 4.69) is 15.5 Å². The number of aromatic nitrogens is 2. The molecule has 0 saturated heterocycles. The summed E-state index contributed by atoms with van der Waals surface area (Å²) in [7, 11) is 3.08. The van der Waals surface area contributed by atoms with E-state index in [4.69, 9.17) is 16.3 Å². The fourth-order valence-electron chi connectivity index (χ4n) is 2.47. The monoisotopic (exact) mass is 393 g/mol. The van der Waals surface area contributed by atoms with E-state index >= 15 is 0 Å². The van der Waals surface area contributed by atoms with Crippen molar-refractivity contribution < 1.29 is 4.74 Å². The second-order valence-corrected chi connectivity index (χ2v) is 6.22. The molecule has 0 aliphatic rings. The zero-order valence-corrected chi connectivity index (χ0v) is 15.9. The number of methoxy groups -OCH3 is 1. The van der Waals surface area contributed by atoms with Crippen molar-refractivity contribution >= 4 is 23.8 Å². The van der Waals surface area contributed by atoms with E-state index in [0.717, 1.165) is 5.56 Å². The van der Waals surface area contributed by atoms with Gasteiger partial charge in [0.05, 0.1) is 19.0 Å². The lowest BCUT2D eigenvalue weighted by Crippen LogP contribution is -2.24. The average Bonchev–Trinajstić information content (AvgIpc) is 2.72. The van der Waals surface area contributed by atoms with Crippen molar-refractivity contribution in [2.45, 2.75) is 0 Å². The highest BCUT2D eigenvalue weighted by molar-refractivity contribution is 6.30. The van der Waals surface area contributed by atoms with Gasteiger partial charge in [-0.1, -0.05) is 23.7 Å². The molecule has 7 nitrogen and oxygen atoms in total. The Bertz CT molecular complexity index is 1110. The van der Waals surface area contributed by atoms with Crippen LogP contribution in [-0.4, -0.2) is 22.9 Å². The van der Waals surface area contributed by atoms with Crippen LogP contribution in [0.3, 0.4) is 0 Å². The van der Waals surface area contributed by atoms with Crippen LogP contribution in [0.2, 0.25) is 5.02 Å². The second kappa shape index (κ2) is 8.37. The minimum Gasteiger partial charge on any atom is -0.497 e. The number of nitrogens with zero attached hydrogens (tertiary/aromatic N) is 4. The standard InChI is InChI=1S/C20H16ClN5O2/c1-26-19(27)17(11-22)18(14-5-9-16(28-2)10-6-14)24-20(26)25-23-12-13-3-7-15(21)8-4-13/h3-10,12H,1-2H3,(H,24,25)/b23-12+. The lowest BCUT2D eigenvalue weighted by Gasteiger charge is -2.11. The van der Waals surface area contributed by atoms with Crippen molar-refractivity contribution in [3.63, 3.8) is 0 Å². The van der Waals surface area contributed by atoms with E-state index in [-0.39, 0.29) is 17.2 Å². The highest BCUT2D eigenvalue weighted by Crippen LogP contribution is 2.23. The normalized spacial score (nSPS) is 10.6. The number of hydrazone groups is 1. The molecule has 2 aromatic carbocycles. The van der Waals surface area contributed by atoms with Crippen molar-refractivity contribution in [3.05, 3.63) is 75.0 Å². The summed E-state index contributed by atoms with van der Waals surface area (Å²) in [4.78, 5) is 17.0. The maximum atomic E-state index is 12.6. The highest BCUT2D eigenvalue weighted by atomic mass is 35.5. The highest BCUT2D eigenvalue weighted by Gasteiger charge is 2.16. The van der Waals surface area contributed by atoms with E-state index in [0.29, 0.717) is 16.3 Å². The molecule has 1 heterocycles. The Morgan fingerprint density at radius 1 is 1.21 bits per heavy atom. The summed E-state index contributed by atoms with van der Waals surface area (Å²) in [6, 6.07) is 16.0. The van der Waals surface area contributed by atoms with Crippen LogP contribution in [0.25, 0.3) is 11.3 Å². The van der Waals surface area contributed by atoms with Gasteiger partial charge in [-0.15, -0.1) is 0 Å². The minimum atomic E-state index is -0.465. The molecule has 0 aliphatic heterocycles. The van der Waals surface area contributed by atoms with Crippen molar-refractivity contribution in [1.82, 2.24) is 9.55 Å². The summed E-state index contributed by atoms with van der Waals surface area (Å²) in [5.41, 5.74) is 3.97. The number of hydrogen-bond donors (Lipinski definition) is 1. The Kier molecular flexibility index (Phi) is 5.72. The summed E-state index contributed by atoms with van der Waals surface area (Å²) < 4.78 is 6.38. The third kappa shape index (κ3) is 4.03. The van der Waals surface area contributed by atoms with Gasteiger partial charge in [0.2, 0.25) is 5.95 Å². The van der Waals surface area contributed by atoms with Gasteiger partial charge in [-0.25, -0.2) is 10.4 Å². The van der Waals surface area contributed by atoms with Gasteiger partial charge in [-0.3, -0.25) is 9.36 Å². The molecule has 28 heavy (non-hydrogen) atoms. The average molecular weight is 394 g/mol. The van der Waals surface area contributed by atoms with Crippen LogP contribution < -0.4 is 15.7 Å². The summed E-state index contributed by atoms with van der Waals surface area (Å²) in [5, 5.41) is 14.2. The molecular formula is C20H16ClN5O2. The summed E-state index contributed by atoms with van der Waals surface area (Å²) in [6.07, 6.45) is 1.58.